The van der Waals surface area contributed by atoms with Crippen molar-refractivity contribution in [3.05, 3.63) is 16.6 Å². The highest BCUT2D eigenvalue weighted by Crippen LogP contribution is 2.32. The molecule has 2 aliphatic rings. The van der Waals surface area contributed by atoms with E-state index in [0.29, 0.717) is 12.3 Å². The summed E-state index contributed by atoms with van der Waals surface area (Å²) in [7, 11) is 0. The van der Waals surface area contributed by atoms with Gasteiger partial charge in [-0.25, -0.2) is 14.4 Å². The molecular weight excluding hydrogens is 247 g/mol. The minimum absolute atomic E-state index is 0.00395. The number of rotatable bonds is 6. The number of likely N-dealkylation sites (tertiary alicyclic amines) is 1. The molecule has 1 unspecified atom stereocenters. The lowest BCUT2D eigenvalue weighted by atomic mass is 10.1. The Morgan fingerprint density at radius 1 is 1.58 bits per heavy atom. The number of fused-ring (bicyclic) bond motifs is 1. The van der Waals surface area contributed by atoms with Crippen LogP contribution in [0.1, 0.15) is 19.3 Å². The van der Waals surface area contributed by atoms with Crippen molar-refractivity contribution >= 4 is 12.1 Å². The van der Waals surface area contributed by atoms with E-state index in [4.69, 9.17) is 0 Å². The molecule has 1 aliphatic heterocycles. The molecule has 1 aliphatic carbocycles. The van der Waals surface area contributed by atoms with Crippen molar-refractivity contribution in [2.75, 3.05) is 33.0 Å². The standard InChI is InChI=1S/C13H19FN4O/c14-10-16-13(15-5-6-17-19)4-7-18-8-11-2-1-3-12(11)9-18/h2,5,12H,1,3-4,6-10H2/b15-5-,16-13-. The van der Waals surface area contributed by atoms with Gasteiger partial charge in [0, 0.05) is 32.3 Å². The fourth-order valence-electron chi connectivity index (χ4n) is 2.72. The van der Waals surface area contributed by atoms with Gasteiger partial charge in [0.05, 0.1) is 0 Å². The summed E-state index contributed by atoms with van der Waals surface area (Å²) in [6, 6.07) is 0. The third-order valence-electron chi connectivity index (χ3n) is 3.62. The van der Waals surface area contributed by atoms with Crippen molar-refractivity contribution in [3.8, 4) is 0 Å². The highest BCUT2D eigenvalue weighted by Gasteiger charge is 2.29. The van der Waals surface area contributed by atoms with E-state index in [1.165, 1.54) is 19.1 Å². The fraction of sp³-hybridized carbons (Fsp3) is 0.692. The van der Waals surface area contributed by atoms with Crippen LogP contribution < -0.4 is 0 Å². The third kappa shape index (κ3) is 4.02. The third-order valence-corrected chi connectivity index (χ3v) is 3.62. The molecule has 19 heavy (non-hydrogen) atoms. The van der Waals surface area contributed by atoms with Gasteiger partial charge in [0.1, 0.15) is 12.4 Å². The molecule has 0 aromatic rings. The molecule has 104 valence electrons. The lowest BCUT2D eigenvalue weighted by molar-refractivity contribution is 0.330. The minimum atomic E-state index is -0.769. The van der Waals surface area contributed by atoms with Crippen molar-refractivity contribution in [2.45, 2.75) is 19.3 Å². The van der Waals surface area contributed by atoms with Crippen LogP contribution in [0.25, 0.3) is 0 Å². The van der Waals surface area contributed by atoms with Crippen molar-refractivity contribution in [1.29, 1.82) is 0 Å². The first kappa shape index (κ1) is 14.0. The Morgan fingerprint density at radius 3 is 3.21 bits per heavy atom. The van der Waals surface area contributed by atoms with E-state index in [1.54, 1.807) is 5.57 Å². The molecule has 6 heteroatoms. The van der Waals surface area contributed by atoms with Crippen LogP contribution in [-0.4, -0.2) is 49.9 Å². The van der Waals surface area contributed by atoms with E-state index in [0.717, 1.165) is 25.6 Å². The van der Waals surface area contributed by atoms with Gasteiger partial charge in [0.25, 0.3) is 0 Å². The predicted molar refractivity (Wildman–Crippen MR) is 74.4 cm³/mol. The van der Waals surface area contributed by atoms with E-state index < -0.39 is 6.80 Å². The van der Waals surface area contributed by atoms with Gasteiger partial charge in [-0.1, -0.05) is 16.8 Å². The number of amidine groups is 1. The van der Waals surface area contributed by atoms with Crippen molar-refractivity contribution in [3.63, 3.8) is 0 Å². The molecule has 1 heterocycles. The first-order valence-corrected chi connectivity index (χ1v) is 6.65. The van der Waals surface area contributed by atoms with Crippen LogP contribution >= 0.6 is 0 Å². The fourth-order valence-corrected chi connectivity index (χ4v) is 2.72. The molecule has 0 spiro atoms. The second kappa shape index (κ2) is 7.23. The number of aliphatic imine (C=N–C) groups is 2. The highest BCUT2D eigenvalue weighted by atomic mass is 19.1. The Labute approximate surface area is 112 Å². The number of halogens is 1. The zero-order valence-corrected chi connectivity index (χ0v) is 11.0. The van der Waals surface area contributed by atoms with Gasteiger partial charge in [-0.3, -0.25) is 4.90 Å². The Hall–Kier alpha value is -1.43. The summed E-state index contributed by atoms with van der Waals surface area (Å²) in [6.07, 6.45) is 6.81. The monoisotopic (exact) mass is 266 g/mol. The Kier molecular flexibility index (Phi) is 5.32. The van der Waals surface area contributed by atoms with Gasteiger partial charge in [0.2, 0.25) is 0 Å². The summed E-state index contributed by atoms with van der Waals surface area (Å²) in [5.41, 5.74) is 1.55. The molecular formula is C13H19FN4O. The van der Waals surface area contributed by atoms with Gasteiger partial charge in [0.15, 0.2) is 6.80 Å². The molecule has 0 radical (unpaired) electrons. The van der Waals surface area contributed by atoms with E-state index >= 15 is 0 Å². The molecule has 0 aromatic heterocycles. The number of hydrogen-bond donors (Lipinski definition) is 0. The van der Waals surface area contributed by atoms with E-state index in [-0.39, 0.29) is 6.54 Å². The predicted octanol–water partition coefficient (Wildman–Crippen LogP) is 2.19. The maximum atomic E-state index is 12.3. The number of nitrogens with zero attached hydrogens (tertiary/aromatic N) is 4. The average molecular weight is 266 g/mol. The van der Waals surface area contributed by atoms with Gasteiger partial charge in [-0.15, -0.1) is 0 Å². The SMILES string of the molecule is O=NC/C=N\C(CCN1CC2=CCCC2C1)=N/CF. The highest BCUT2D eigenvalue weighted by molar-refractivity contribution is 5.90. The second-order valence-corrected chi connectivity index (χ2v) is 4.86. The molecule has 0 bridgehead atoms. The number of alkyl halides is 1. The quantitative estimate of drug-likeness (QED) is 0.243. The maximum Gasteiger partial charge on any atom is 0.181 e. The molecule has 0 N–H and O–H groups in total. The van der Waals surface area contributed by atoms with Crippen LogP contribution in [0.5, 0.6) is 0 Å². The Balaban J connectivity index is 1.79. The minimum Gasteiger partial charge on any atom is -0.298 e. The van der Waals surface area contributed by atoms with E-state index in [9.17, 15) is 9.30 Å². The van der Waals surface area contributed by atoms with Gasteiger partial charge >= 0.3 is 0 Å². The van der Waals surface area contributed by atoms with Crippen LogP contribution in [0, 0.1) is 10.8 Å². The number of hydrogen-bond acceptors (Lipinski definition) is 4. The topological polar surface area (TPSA) is 57.4 Å². The van der Waals surface area contributed by atoms with Crippen molar-refractivity contribution < 1.29 is 4.39 Å². The largest absolute Gasteiger partial charge is 0.298 e. The van der Waals surface area contributed by atoms with Gasteiger partial charge in [-0.05, 0) is 18.8 Å². The van der Waals surface area contributed by atoms with Crippen molar-refractivity contribution in [1.82, 2.24) is 4.90 Å². The first-order valence-electron chi connectivity index (χ1n) is 6.65. The zero-order valence-electron chi connectivity index (χ0n) is 11.0. The maximum absolute atomic E-state index is 12.3. The number of allylic oxidation sites excluding steroid dienone is 1. The van der Waals surface area contributed by atoms with Gasteiger partial charge < -0.3 is 0 Å². The normalized spacial score (nSPS) is 23.9. The summed E-state index contributed by atoms with van der Waals surface area (Å²) in [4.78, 5) is 20.0. The average Bonchev–Trinajstić information content (AvgIpc) is 2.96. The molecule has 5 nitrogen and oxygen atoms in total. The smallest absolute Gasteiger partial charge is 0.181 e. The molecule has 2 rings (SSSR count). The van der Waals surface area contributed by atoms with Crippen LogP contribution in [0.3, 0.4) is 0 Å². The van der Waals surface area contributed by atoms with Crippen LogP contribution in [-0.2, 0) is 0 Å². The van der Waals surface area contributed by atoms with Gasteiger partial charge in [-0.2, -0.15) is 4.91 Å². The summed E-state index contributed by atoms with van der Waals surface area (Å²) in [5, 5.41) is 2.68. The molecule has 0 amide bonds. The Morgan fingerprint density at radius 2 is 2.47 bits per heavy atom. The molecule has 1 saturated heterocycles. The molecule has 0 saturated carbocycles. The summed E-state index contributed by atoms with van der Waals surface area (Å²) < 4.78 is 12.3. The summed E-state index contributed by atoms with van der Waals surface area (Å²) in [5.74, 6) is 1.18. The summed E-state index contributed by atoms with van der Waals surface area (Å²) in [6.45, 7) is 2.18. The van der Waals surface area contributed by atoms with Crippen LogP contribution in [0.15, 0.2) is 26.8 Å². The second-order valence-electron chi connectivity index (χ2n) is 4.86. The van der Waals surface area contributed by atoms with Crippen molar-refractivity contribution in [2.24, 2.45) is 21.1 Å². The molecule has 0 aromatic carbocycles. The molecule has 1 fully saturated rings. The van der Waals surface area contributed by atoms with Crippen LogP contribution in [0.2, 0.25) is 0 Å². The van der Waals surface area contributed by atoms with E-state index in [2.05, 4.69) is 26.1 Å². The number of nitroso groups, excluding NO2 is 1. The summed E-state index contributed by atoms with van der Waals surface area (Å²) >= 11 is 0. The van der Waals surface area contributed by atoms with E-state index in [1.807, 2.05) is 0 Å². The molecule has 1 atom stereocenters. The lowest BCUT2D eigenvalue weighted by Crippen LogP contribution is -2.24. The zero-order chi connectivity index (χ0) is 13.5. The first-order chi connectivity index (χ1) is 9.33. The lowest BCUT2D eigenvalue weighted by Gasteiger charge is -2.15. The Bertz CT molecular complexity index is 405. The van der Waals surface area contributed by atoms with Crippen LogP contribution in [0.4, 0.5) is 4.39 Å².